The van der Waals surface area contributed by atoms with Crippen LogP contribution in [0.3, 0.4) is 0 Å². The first kappa shape index (κ1) is 17.0. The lowest BCUT2D eigenvalue weighted by molar-refractivity contribution is -0.130. The highest BCUT2D eigenvalue weighted by Gasteiger charge is 2.11. The number of amides is 1. The molecule has 0 spiro atoms. The lowest BCUT2D eigenvalue weighted by Gasteiger charge is -2.18. The molecule has 0 bridgehead atoms. The monoisotopic (exact) mass is 333 g/mol. The third-order valence-corrected chi connectivity index (χ3v) is 4.18. The van der Waals surface area contributed by atoms with E-state index in [1.165, 1.54) is 0 Å². The number of fused-ring (bicyclic) bond motifs is 1. The minimum Gasteiger partial charge on any atom is -0.342 e. The number of nitrogens with zero attached hydrogens (tertiary/aromatic N) is 2. The molecule has 0 aliphatic carbocycles. The molecule has 0 saturated heterocycles. The van der Waals surface area contributed by atoms with Gasteiger partial charge in [-0.2, -0.15) is 0 Å². The first-order chi connectivity index (χ1) is 12.3. The van der Waals surface area contributed by atoms with Crippen LogP contribution in [0.2, 0.25) is 0 Å². The van der Waals surface area contributed by atoms with E-state index in [4.69, 9.17) is 0 Å². The fourth-order valence-electron chi connectivity index (χ4n) is 2.79. The van der Waals surface area contributed by atoms with E-state index in [9.17, 15) is 4.79 Å². The third-order valence-electron chi connectivity index (χ3n) is 4.18. The minimum atomic E-state index is 0.153. The standard InChI is InChI=1S/C21H23N3O/c1-2-24(16-8-11-17-9-4-3-5-10-17)21(25)15-14-20-22-18-12-6-7-13-19(18)23-20/h3-13H,2,14-16H2,1H3,(H,22,23). The lowest BCUT2D eigenvalue weighted by Crippen LogP contribution is -2.31. The van der Waals surface area contributed by atoms with Gasteiger partial charge >= 0.3 is 0 Å². The number of aromatic nitrogens is 2. The average Bonchev–Trinajstić information content (AvgIpc) is 3.07. The van der Waals surface area contributed by atoms with Gasteiger partial charge in [0.1, 0.15) is 5.82 Å². The SMILES string of the molecule is CCN(CC=Cc1ccccc1)C(=O)CCc1nc2ccccc2[nH]1. The van der Waals surface area contributed by atoms with Crippen molar-refractivity contribution < 1.29 is 4.79 Å². The number of H-pyrrole nitrogens is 1. The number of carbonyl (C=O) groups excluding carboxylic acids is 1. The Morgan fingerprint density at radius 1 is 1.12 bits per heavy atom. The van der Waals surface area contributed by atoms with E-state index >= 15 is 0 Å². The van der Waals surface area contributed by atoms with Crippen molar-refractivity contribution in [3.8, 4) is 0 Å². The molecule has 0 aliphatic rings. The Labute approximate surface area is 148 Å². The molecular formula is C21H23N3O. The molecule has 0 radical (unpaired) electrons. The van der Waals surface area contributed by atoms with Crippen molar-refractivity contribution in [2.75, 3.05) is 13.1 Å². The molecule has 0 aliphatic heterocycles. The molecule has 0 saturated carbocycles. The molecule has 1 heterocycles. The molecule has 0 fully saturated rings. The third kappa shape index (κ3) is 4.57. The Bertz CT molecular complexity index is 819. The summed E-state index contributed by atoms with van der Waals surface area (Å²) >= 11 is 0. The molecule has 0 unspecified atom stereocenters. The van der Waals surface area contributed by atoms with Crippen molar-refractivity contribution in [1.82, 2.24) is 14.9 Å². The maximum absolute atomic E-state index is 12.5. The van der Waals surface area contributed by atoms with Crippen molar-refractivity contribution in [2.45, 2.75) is 19.8 Å². The Morgan fingerprint density at radius 2 is 1.88 bits per heavy atom. The van der Waals surface area contributed by atoms with Crippen LogP contribution in [0, 0.1) is 0 Å². The largest absolute Gasteiger partial charge is 0.342 e. The number of aryl methyl sites for hydroxylation is 1. The van der Waals surface area contributed by atoms with Crippen LogP contribution < -0.4 is 0 Å². The van der Waals surface area contributed by atoms with Crippen LogP contribution in [0.4, 0.5) is 0 Å². The summed E-state index contributed by atoms with van der Waals surface area (Å²) < 4.78 is 0. The number of benzene rings is 2. The van der Waals surface area contributed by atoms with E-state index < -0.39 is 0 Å². The molecule has 3 aromatic rings. The summed E-state index contributed by atoms with van der Waals surface area (Å²) in [6, 6.07) is 18.0. The quantitative estimate of drug-likeness (QED) is 0.709. The summed E-state index contributed by atoms with van der Waals surface area (Å²) in [7, 11) is 0. The maximum Gasteiger partial charge on any atom is 0.223 e. The van der Waals surface area contributed by atoms with Crippen molar-refractivity contribution in [2.24, 2.45) is 0 Å². The van der Waals surface area contributed by atoms with Gasteiger partial charge in [-0.3, -0.25) is 4.79 Å². The molecule has 1 N–H and O–H groups in total. The van der Waals surface area contributed by atoms with Crippen LogP contribution in [0.1, 0.15) is 24.7 Å². The predicted octanol–water partition coefficient (Wildman–Crippen LogP) is 4.06. The molecule has 1 amide bonds. The number of nitrogens with one attached hydrogen (secondary N) is 1. The van der Waals surface area contributed by atoms with Crippen molar-refractivity contribution in [3.63, 3.8) is 0 Å². The van der Waals surface area contributed by atoms with Gasteiger partial charge in [0.05, 0.1) is 11.0 Å². The second kappa shape index (κ2) is 8.29. The zero-order chi connectivity index (χ0) is 17.5. The van der Waals surface area contributed by atoms with Crippen LogP contribution in [0.5, 0.6) is 0 Å². The summed E-state index contributed by atoms with van der Waals surface area (Å²) in [6.07, 6.45) is 5.19. The van der Waals surface area contributed by atoms with Gasteiger partial charge in [-0.1, -0.05) is 54.6 Å². The predicted molar refractivity (Wildman–Crippen MR) is 102 cm³/mol. The van der Waals surface area contributed by atoms with Crippen LogP contribution in [0.25, 0.3) is 17.1 Å². The minimum absolute atomic E-state index is 0.153. The van der Waals surface area contributed by atoms with E-state index in [-0.39, 0.29) is 5.91 Å². The van der Waals surface area contributed by atoms with E-state index in [2.05, 4.69) is 28.2 Å². The topological polar surface area (TPSA) is 49.0 Å². The average molecular weight is 333 g/mol. The number of hydrogen-bond acceptors (Lipinski definition) is 2. The first-order valence-corrected chi connectivity index (χ1v) is 8.69. The summed E-state index contributed by atoms with van der Waals surface area (Å²) in [5.74, 6) is 1.02. The fourth-order valence-corrected chi connectivity index (χ4v) is 2.79. The molecule has 0 atom stereocenters. The summed E-state index contributed by atoms with van der Waals surface area (Å²) in [5.41, 5.74) is 3.11. The normalized spacial score (nSPS) is 11.2. The molecule has 1 aromatic heterocycles. The Kier molecular flexibility index (Phi) is 5.62. The van der Waals surface area contributed by atoms with Crippen LogP contribution >= 0.6 is 0 Å². The molecule has 25 heavy (non-hydrogen) atoms. The van der Waals surface area contributed by atoms with Crippen LogP contribution in [-0.2, 0) is 11.2 Å². The zero-order valence-electron chi connectivity index (χ0n) is 14.5. The summed E-state index contributed by atoms with van der Waals surface area (Å²) in [4.78, 5) is 22.1. The second-order valence-corrected chi connectivity index (χ2v) is 5.95. The molecule has 2 aromatic carbocycles. The van der Waals surface area contributed by atoms with E-state index in [0.717, 1.165) is 22.4 Å². The second-order valence-electron chi connectivity index (χ2n) is 5.95. The van der Waals surface area contributed by atoms with E-state index in [0.29, 0.717) is 25.9 Å². The first-order valence-electron chi connectivity index (χ1n) is 8.69. The highest BCUT2D eigenvalue weighted by Crippen LogP contribution is 2.12. The van der Waals surface area contributed by atoms with Crippen molar-refractivity contribution in [1.29, 1.82) is 0 Å². The zero-order valence-corrected chi connectivity index (χ0v) is 14.5. The number of hydrogen-bond donors (Lipinski definition) is 1. The van der Waals surface area contributed by atoms with Gasteiger partial charge in [0, 0.05) is 25.9 Å². The van der Waals surface area contributed by atoms with Gasteiger partial charge in [-0.15, -0.1) is 0 Å². The van der Waals surface area contributed by atoms with Gasteiger partial charge < -0.3 is 9.88 Å². The Hall–Kier alpha value is -2.88. The summed E-state index contributed by atoms with van der Waals surface area (Å²) in [6.45, 7) is 3.35. The molecule has 4 heteroatoms. The Balaban J connectivity index is 1.54. The van der Waals surface area contributed by atoms with Gasteiger partial charge in [0.2, 0.25) is 5.91 Å². The number of likely N-dealkylation sites (N-methyl/N-ethyl adjacent to an activating group) is 1. The van der Waals surface area contributed by atoms with Crippen LogP contribution in [0.15, 0.2) is 60.7 Å². The molecule has 4 nitrogen and oxygen atoms in total. The number of imidazole rings is 1. The molecule has 128 valence electrons. The highest BCUT2D eigenvalue weighted by atomic mass is 16.2. The number of para-hydroxylation sites is 2. The van der Waals surface area contributed by atoms with Crippen LogP contribution in [-0.4, -0.2) is 33.9 Å². The summed E-state index contributed by atoms with van der Waals surface area (Å²) in [5, 5.41) is 0. The van der Waals surface area contributed by atoms with Gasteiger partial charge in [-0.25, -0.2) is 4.98 Å². The van der Waals surface area contributed by atoms with E-state index in [1.807, 2.05) is 60.4 Å². The smallest absolute Gasteiger partial charge is 0.223 e. The van der Waals surface area contributed by atoms with Gasteiger partial charge in [0.15, 0.2) is 0 Å². The number of aromatic amines is 1. The number of carbonyl (C=O) groups is 1. The maximum atomic E-state index is 12.5. The molecular weight excluding hydrogens is 310 g/mol. The Morgan fingerprint density at radius 3 is 2.64 bits per heavy atom. The van der Waals surface area contributed by atoms with Crippen molar-refractivity contribution in [3.05, 3.63) is 72.1 Å². The number of rotatable bonds is 7. The van der Waals surface area contributed by atoms with E-state index in [1.54, 1.807) is 0 Å². The van der Waals surface area contributed by atoms with Gasteiger partial charge in [0.25, 0.3) is 0 Å². The fraction of sp³-hybridized carbons (Fsp3) is 0.238. The van der Waals surface area contributed by atoms with Gasteiger partial charge in [-0.05, 0) is 24.6 Å². The van der Waals surface area contributed by atoms with Crippen molar-refractivity contribution >= 4 is 23.0 Å². The molecule has 3 rings (SSSR count). The lowest BCUT2D eigenvalue weighted by atomic mass is 10.2. The highest BCUT2D eigenvalue weighted by molar-refractivity contribution is 5.77.